The predicted octanol–water partition coefficient (Wildman–Crippen LogP) is 2.94. The van der Waals surface area contributed by atoms with E-state index in [1.807, 2.05) is 0 Å². The summed E-state index contributed by atoms with van der Waals surface area (Å²) in [6.45, 7) is 3.34. The van der Waals surface area contributed by atoms with Crippen LogP contribution in [0.15, 0.2) is 18.3 Å². The minimum absolute atomic E-state index is 0.118. The lowest BCUT2D eigenvalue weighted by atomic mass is 10.1. The number of nitrogen functional groups attached to an aromatic ring is 1. The third-order valence-electron chi connectivity index (χ3n) is 6.01. The van der Waals surface area contributed by atoms with Crippen LogP contribution in [-0.4, -0.2) is 65.4 Å². The summed E-state index contributed by atoms with van der Waals surface area (Å²) in [5.41, 5.74) is 4.83. The second-order valence-corrected chi connectivity index (χ2v) is 8.65. The van der Waals surface area contributed by atoms with Crippen LogP contribution in [0.2, 0.25) is 0 Å². The van der Waals surface area contributed by atoms with Crippen LogP contribution in [0.5, 0.6) is 5.75 Å². The lowest BCUT2D eigenvalue weighted by Crippen LogP contribution is -2.38. The Kier molecular flexibility index (Phi) is 4.80. The number of hydrogen-bond acceptors (Lipinski definition) is 8. The Morgan fingerprint density at radius 3 is 2.72 bits per heavy atom. The van der Waals surface area contributed by atoms with Crippen molar-refractivity contribution in [1.82, 2.24) is 15.0 Å². The first-order valence-electron chi connectivity index (χ1n) is 10.3. The summed E-state index contributed by atoms with van der Waals surface area (Å²) in [5, 5.41) is 0. The molecule has 3 saturated heterocycles. The van der Waals surface area contributed by atoms with Crippen LogP contribution in [0.1, 0.15) is 19.8 Å². The molecule has 0 radical (unpaired) electrons. The molecule has 8 nitrogen and oxygen atoms in total. The van der Waals surface area contributed by atoms with Crippen molar-refractivity contribution in [3.8, 4) is 17.0 Å². The third-order valence-corrected chi connectivity index (χ3v) is 6.01. The van der Waals surface area contributed by atoms with Crippen LogP contribution < -0.4 is 20.3 Å². The molecule has 2 N–H and O–H groups in total. The SMILES string of the molecule is CC1(F)CCN(c2nc(-c3cnc(N)c(OC(F)(F)F)c3)cc(N3CC4CC3CO4)n2)C1. The van der Waals surface area contributed by atoms with Crippen molar-refractivity contribution in [2.45, 2.75) is 43.9 Å². The van der Waals surface area contributed by atoms with Crippen LogP contribution in [0.25, 0.3) is 11.3 Å². The van der Waals surface area contributed by atoms with Gasteiger partial charge in [-0.1, -0.05) is 0 Å². The fourth-order valence-corrected chi connectivity index (χ4v) is 4.44. The molecule has 0 aliphatic carbocycles. The van der Waals surface area contributed by atoms with E-state index in [-0.39, 0.29) is 30.1 Å². The van der Waals surface area contributed by atoms with Gasteiger partial charge in [0.2, 0.25) is 5.95 Å². The first kappa shape index (κ1) is 21.0. The Labute approximate surface area is 181 Å². The van der Waals surface area contributed by atoms with Gasteiger partial charge >= 0.3 is 6.36 Å². The van der Waals surface area contributed by atoms with Crippen LogP contribution in [0.4, 0.5) is 35.1 Å². The molecule has 32 heavy (non-hydrogen) atoms. The summed E-state index contributed by atoms with van der Waals surface area (Å²) in [4.78, 5) is 16.9. The summed E-state index contributed by atoms with van der Waals surface area (Å²) in [7, 11) is 0. The Bertz CT molecular complexity index is 1030. The van der Waals surface area contributed by atoms with Crippen LogP contribution in [0.3, 0.4) is 0 Å². The normalized spacial score (nSPS) is 27.4. The highest BCUT2D eigenvalue weighted by molar-refractivity contribution is 5.68. The highest BCUT2D eigenvalue weighted by atomic mass is 19.4. The second-order valence-electron chi connectivity index (χ2n) is 8.65. The molecule has 0 aromatic carbocycles. The van der Waals surface area contributed by atoms with Gasteiger partial charge in [-0.25, -0.2) is 14.4 Å². The van der Waals surface area contributed by atoms with Crippen molar-refractivity contribution >= 4 is 17.6 Å². The van der Waals surface area contributed by atoms with E-state index in [0.717, 1.165) is 12.5 Å². The molecule has 2 aromatic rings. The molecule has 2 bridgehead atoms. The van der Waals surface area contributed by atoms with E-state index in [9.17, 15) is 17.6 Å². The molecular formula is C20H22F4N6O2. The van der Waals surface area contributed by atoms with Crippen LogP contribution >= 0.6 is 0 Å². The van der Waals surface area contributed by atoms with Gasteiger partial charge in [0.1, 0.15) is 11.5 Å². The molecule has 3 atom stereocenters. The van der Waals surface area contributed by atoms with Crippen molar-refractivity contribution in [3.05, 3.63) is 18.3 Å². The highest BCUT2D eigenvalue weighted by Crippen LogP contribution is 2.37. The van der Waals surface area contributed by atoms with Gasteiger partial charge in [0.15, 0.2) is 11.6 Å². The minimum Gasteiger partial charge on any atom is -0.402 e. The van der Waals surface area contributed by atoms with Crippen LogP contribution in [-0.2, 0) is 4.74 Å². The third kappa shape index (κ3) is 4.10. The number of pyridine rings is 1. The monoisotopic (exact) mass is 454 g/mol. The molecule has 3 fully saturated rings. The smallest absolute Gasteiger partial charge is 0.402 e. The first-order valence-corrected chi connectivity index (χ1v) is 10.3. The molecule has 0 saturated carbocycles. The molecule has 3 aliphatic rings. The quantitative estimate of drug-likeness (QED) is 0.706. The average Bonchev–Trinajstić information content (AvgIpc) is 3.44. The van der Waals surface area contributed by atoms with Gasteiger partial charge in [0.25, 0.3) is 0 Å². The van der Waals surface area contributed by atoms with Gasteiger partial charge < -0.3 is 25.0 Å². The fraction of sp³-hybridized carbons (Fsp3) is 0.550. The highest BCUT2D eigenvalue weighted by Gasteiger charge is 2.41. The second kappa shape index (κ2) is 7.32. The summed E-state index contributed by atoms with van der Waals surface area (Å²) in [6, 6.07) is 3.00. The summed E-state index contributed by atoms with van der Waals surface area (Å²) in [5.74, 6) is -0.0637. The lowest BCUT2D eigenvalue weighted by molar-refractivity contribution is -0.274. The summed E-state index contributed by atoms with van der Waals surface area (Å²) >= 11 is 0. The lowest BCUT2D eigenvalue weighted by Gasteiger charge is -2.29. The van der Waals surface area contributed by atoms with Gasteiger partial charge in [-0.15, -0.1) is 13.2 Å². The average molecular weight is 454 g/mol. The Morgan fingerprint density at radius 2 is 2.09 bits per heavy atom. The van der Waals surface area contributed by atoms with Gasteiger partial charge in [-0.3, -0.25) is 0 Å². The molecule has 12 heteroatoms. The molecule has 0 spiro atoms. The number of hydrogen-bond donors (Lipinski definition) is 1. The molecule has 3 unspecified atom stereocenters. The molecule has 5 heterocycles. The van der Waals surface area contributed by atoms with Crippen molar-refractivity contribution < 1.29 is 27.0 Å². The van der Waals surface area contributed by atoms with Crippen molar-refractivity contribution in [3.63, 3.8) is 0 Å². The maximum absolute atomic E-state index is 14.5. The maximum atomic E-state index is 14.5. The predicted molar refractivity (Wildman–Crippen MR) is 108 cm³/mol. The van der Waals surface area contributed by atoms with E-state index >= 15 is 0 Å². The fourth-order valence-electron chi connectivity index (χ4n) is 4.44. The topological polar surface area (TPSA) is 89.6 Å². The number of rotatable bonds is 4. The Hall–Kier alpha value is -2.89. The zero-order chi connectivity index (χ0) is 22.7. The van der Waals surface area contributed by atoms with Gasteiger partial charge in [0, 0.05) is 37.3 Å². The number of nitrogens with zero attached hydrogens (tertiary/aromatic N) is 5. The van der Waals surface area contributed by atoms with E-state index < -0.39 is 17.8 Å². The molecule has 172 valence electrons. The Morgan fingerprint density at radius 1 is 1.28 bits per heavy atom. The molecule has 0 amide bonds. The van der Waals surface area contributed by atoms with Gasteiger partial charge in [-0.2, -0.15) is 4.98 Å². The summed E-state index contributed by atoms with van der Waals surface area (Å²) in [6.07, 6.45) is -2.24. The summed E-state index contributed by atoms with van der Waals surface area (Å²) < 4.78 is 62.4. The maximum Gasteiger partial charge on any atom is 0.573 e. The van der Waals surface area contributed by atoms with E-state index in [2.05, 4.69) is 24.6 Å². The van der Waals surface area contributed by atoms with Crippen molar-refractivity contribution in [1.29, 1.82) is 0 Å². The number of nitrogens with two attached hydrogens (primary N) is 1. The molecule has 5 rings (SSSR count). The first-order chi connectivity index (χ1) is 15.1. The number of aromatic nitrogens is 3. The number of alkyl halides is 4. The molecule has 3 aliphatic heterocycles. The van der Waals surface area contributed by atoms with Crippen LogP contribution in [0, 0.1) is 0 Å². The minimum atomic E-state index is -4.91. The van der Waals surface area contributed by atoms with E-state index in [1.165, 1.54) is 13.1 Å². The Balaban J connectivity index is 1.55. The number of morpholine rings is 1. The number of fused-ring (bicyclic) bond motifs is 2. The van der Waals surface area contributed by atoms with E-state index in [1.54, 1.807) is 11.0 Å². The zero-order valence-corrected chi connectivity index (χ0v) is 17.3. The largest absolute Gasteiger partial charge is 0.573 e. The number of anilines is 3. The van der Waals surface area contributed by atoms with Gasteiger partial charge in [0.05, 0.1) is 31.0 Å². The van der Waals surface area contributed by atoms with Crippen molar-refractivity contribution in [2.75, 3.05) is 41.8 Å². The molecule has 2 aromatic heterocycles. The van der Waals surface area contributed by atoms with Gasteiger partial charge in [-0.05, 0) is 19.4 Å². The van der Waals surface area contributed by atoms with E-state index in [0.29, 0.717) is 43.6 Å². The number of halogens is 4. The molecular weight excluding hydrogens is 432 g/mol. The van der Waals surface area contributed by atoms with E-state index in [4.69, 9.17) is 10.5 Å². The zero-order valence-electron chi connectivity index (χ0n) is 17.3. The van der Waals surface area contributed by atoms with Crippen molar-refractivity contribution in [2.24, 2.45) is 0 Å². The number of ether oxygens (including phenoxy) is 2. The standard InChI is InChI=1S/C20H22F4N6O2/c1-19(21)2-3-29(10-19)18-27-14(6-16(28-18)30-8-13-5-12(30)9-31-13)11-4-15(17(25)26-7-11)32-20(22,23)24/h4,6-7,12-13H,2-3,5,8-10H2,1H3,(H2,25,26).